The number of nitrogens with zero attached hydrogens (tertiary/aromatic N) is 1. The lowest BCUT2D eigenvalue weighted by atomic mass is 9.66. The Morgan fingerprint density at radius 1 is 1.08 bits per heavy atom. The largest absolute Gasteiger partial charge is 0.396 e. The highest BCUT2D eigenvalue weighted by molar-refractivity contribution is 5.99. The van der Waals surface area contributed by atoms with Crippen LogP contribution < -0.4 is 10.6 Å². The molecular formula is C28H41N3O5. The van der Waals surface area contributed by atoms with Crippen LogP contribution in [0.3, 0.4) is 0 Å². The summed E-state index contributed by atoms with van der Waals surface area (Å²) in [7, 11) is 0. The van der Waals surface area contributed by atoms with Gasteiger partial charge in [-0.2, -0.15) is 0 Å². The standard InChI is InChI=1S/C28H41N3O5/c1-26(2,3)30-24(34)22-28-15-14-27(4,36-28)20(23(33)29-18-19-12-8-7-9-13-19)21(28)25(35)31(22)16-10-5-6-11-17-32/h7-9,12-13,20-22,32H,5-6,10-11,14-18H2,1-4H3,(H,29,33)(H,30,34)/t20-,21+,22?,27+,28?/m1/s1. The summed E-state index contributed by atoms with van der Waals surface area (Å²) in [4.78, 5) is 42.8. The Kier molecular flexibility index (Phi) is 7.49. The third kappa shape index (κ3) is 4.90. The second kappa shape index (κ2) is 10.1. The maximum absolute atomic E-state index is 13.9. The molecule has 3 aliphatic rings. The first-order chi connectivity index (χ1) is 17.0. The van der Waals surface area contributed by atoms with E-state index in [2.05, 4.69) is 10.6 Å². The molecule has 8 heteroatoms. The van der Waals surface area contributed by atoms with Gasteiger partial charge in [-0.1, -0.05) is 43.2 Å². The number of nitrogens with one attached hydrogen (secondary N) is 2. The van der Waals surface area contributed by atoms with Gasteiger partial charge in [0.15, 0.2) is 0 Å². The Morgan fingerprint density at radius 3 is 2.44 bits per heavy atom. The second-order valence-corrected chi connectivity index (χ2v) is 11.8. The molecule has 36 heavy (non-hydrogen) atoms. The molecule has 2 unspecified atom stereocenters. The van der Waals surface area contributed by atoms with Crippen LogP contribution in [-0.4, -0.2) is 63.7 Å². The van der Waals surface area contributed by atoms with Crippen LogP contribution in [-0.2, 0) is 25.7 Å². The molecular weight excluding hydrogens is 458 g/mol. The molecule has 0 radical (unpaired) electrons. The zero-order valence-electron chi connectivity index (χ0n) is 22.0. The van der Waals surface area contributed by atoms with Crippen molar-refractivity contribution in [2.24, 2.45) is 11.8 Å². The number of amides is 3. The Hall–Kier alpha value is -2.45. The van der Waals surface area contributed by atoms with E-state index in [9.17, 15) is 14.4 Å². The van der Waals surface area contributed by atoms with Gasteiger partial charge in [0.25, 0.3) is 0 Å². The van der Waals surface area contributed by atoms with E-state index in [0.717, 1.165) is 31.2 Å². The van der Waals surface area contributed by atoms with Gasteiger partial charge < -0.3 is 25.4 Å². The van der Waals surface area contributed by atoms with Crippen LogP contribution >= 0.6 is 0 Å². The number of aliphatic hydroxyl groups is 1. The number of hydrogen-bond acceptors (Lipinski definition) is 5. The number of rotatable bonds is 10. The fourth-order valence-electron chi connectivity index (χ4n) is 6.45. The molecule has 1 spiro atoms. The second-order valence-electron chi connectivity index (χ2n) is 11.8. The van der Waals surface area contributed by atoms with E-state index in [1.807, 2.05) is 58.0 Å². The Labute approximate surface area is 214 Å². The van der Waals surface area contributed by atoms with Gasteiger partial charge in [-0.05, 0) is 58.9 Å². The smallest absolute Gasteiger partial charge is 0.246 e. The molecule has 198 valence electrons. The van der Waals surface area contributed by atoms with Crippen molar-refractivity contribution in [3.63, 3.8) is 0 Å². The van der Waals surface area contributed by atoms with Crippen LogP contribution in [0.4, 0.5) is 0 Å². The molecule has 3 N–H and O–H groups in total. The molecule has 3 heterocycles. The van der Waals surface area contributed by atoms with Gasteiger partial charge in [-0.15, -0.1) is 0 Å². The quantitative estimate of drug-likeness (QED) is 0.429. The number of hydrogen-bond donors (Lipinski definition) is 3. The molecule has 4 rings (SSSR count). The summed E-state index contributed by atoms with van der Waals surface area (Å²) in [5, 5.41) is 15.2. The lowest BCUT2D eigenvalue weighted by Crippen LogP contribution is -2.58. The van der Waals surface area contributed by atoms with Crippen LogP contribution in [0.15, 0.2) is 30.3 Å². The Balaban J connectivity index is 1.59. The summed E-state index contributed by atoms with van der Waals surface area (Å²) in [6, 6.07) is 8.92. The molecule has 8 nitrogen and oxygen atoms in total. The predicted molar refractivity (Wildman–Crippen MR) is 136 cm³/mol. The van der Waals surface area contributed by atoms with Gasteiger partial charge in [-0.3, -0.25) is 14.4 Å². The molecule has 3 saturated heterocycles. The fraction of sp³-hybridized carbons (Fsp3) is 0.679. The Morgan fingerprint density at radius 2 is 1.78 bits per heavy atom. The minimum Gasteiger partial charge on any atom is -0.396 e. The van der Waals surface area contributed by atoms with Gasteiger partial charge in [0.2, 0.25) is 17.7 Å². The van der Waals surface area contributed by atoms with Gasteiger partial charge in [0.05, 0.1) is 17.4 Å². The highest BCUT2D eigenvalue weighted by atomic mass is 16.5. The van der Waals surface area contributed by atoms with Crippen LogP contribution in [0.25, 0.3) is 0 Å². The first-order valence-corrected chi connectivity index (χ1v) is 13.3. The minimum absolute atomic E-state index is 0.149. The van der Waals surface area contributed by atoms with Crippen LogP contribution in [0.2, 0.25) is 0 Å². The highest BCUT2D eigenvalue weighted by Gasteiger charge is 2.77. The zero-order valence-corrected chi connectivity index (χ0v) is 22.0. The predicted octanol–water partition coefficient (Wildman–Crippen LogP) is 2.53. The summed E-state index contributed by atoms with van der Waals surface area (Å²) in [6.45, 7) is 8.64. The third-order valence-electron chi connectivity index (χ3n) is 7.92. The van der Waals surface area contributed by atoms with Crippen LogP contribution in [0, 0.1) is 11.8 Å². The zero-order chi connectivity index (χ0) is 26.1. The summed E-state index contributed by atoms with van der Waals surface area (Å²) in [5.74, 6) is -1.90. The van der Waals surface area contributed by atoms with Crippen LogP contribution in [0.1, 0.15) is 71.8 Å². The third-order valence-corrected chi connectivity index (χ3v) is 7.92. The highest BCUT2D eigenvalue weighted by Crippen LogP contribution is 2.63. The maximum Gasteiger partial charge on any atom is 0.246 e. The van der Waals surface area contributed by atoms with Gasteiger partial charge in [0, 0.05) is 25.2 Å². The van der Waals surface area contributed by atoms with Crippen LogP contribution in [0.5, 0.6) is 0 Å². The number of likely N-dealkylation sites (tertiary alicyclic amines) is 1. The van der Waals surface area contributed by atoms with Gasteiger partial charge >= 0.3 is 0 Å². The van der Waals surface area contributed by atoms with E-state index in [1.54, 1.807) is 4.90 Å². The molecule has 2 bridgehead atoms. The van der Waals surface area contributed by atoms with E-state index in [4.69, 9.17) is 9.84 Å². The molecule has 0 aliphatic carbocycles. The summed E-state index contributed by atoms with van der Waals surface area (Å²) in [6.07, 6.45) is 4.38. The first kappa shape index (κ1) is 26.6. The van der Waals surface area contributed by atoms with E-state index in [-0.39, 0.29) is 24.3 Å². The molecule has 1 aromatic carbocycles. The van der Waals surface area contributed by atoms with E-state index in [1.165, 1.54) is 0 Å². The summed E-state index contributed by atoms with van der Waals surface area (Å²) in [5.41, 5.74) is -1.26. The van der Waals surface area contributed by atoms with Crippen molar-refractivity contribution in [2.45, 2.75) is 95.5 Å². The molecule has 5 atom stereocenters. The van der Waals surface area contributed by atoms with E-state index < -0.39 is 34.6 Å². The average Bonchev–Trinajstić information content (AvgIpc) is 3.38. The van der Waals surface area contributed by atoms with E-state index >= 15 is 0 Å². The first-order valence-electron chi connectivity index (χ1n) is 13.3. The topological polar surface area (TPSA) is 108 Å². The molecule has 3 aliphatic heterocycles. The van der Waals surface area contributed by atoms with Crippen molar-refractivity contribution in [1.29, 1.82) is 0 Å². The monoisotopic (exact) mass is 499 g/mol. The molecule has 1 aromatic rings. The number of benzene rings is 1. The number of carbonyl (C=O) groups excluding carboxylic acids is 3. The number of unbranched alkanes of at least 4 members (excludes halogenated alkanes) is 3. The van der Waals surface area contributed by atoms with Crippen molar-refractivity contribution in [3.05, 3.63) is 35.9 Å². The number of carbonyl (C=O) groups is 3. The fourth-order valence-corrected chi connectivity index (χ4v) is 6.45. The SMILES string of the molecule is CC(C)(C)NC(=O)C1N(CCCCCCO)C(=O)[C@@H]2[C@H](C(=O)NCc3ccccc3)[C@]3(C)CCC12O3. The number of aliphatic hydroxyl groups excluding tert-OH is 1. The van der Waals surface area contributed by atoms with Crippen molar-refractivity contribution in [2.75, 3.05) is 13.2 Å². The lowest BCUT2D eigenvalue weighted by molar-refractivity contribution is -0.146. The van der Waals surface area contributed by atoms with Gasteiger partial charge in [0.1, 0.15) is 11.6 Å². The lowest BCUT2D eigenvalue weighted by Gasteiger charge is -2.35. The number of fused-ring (bicyclic) bond motifs is 1. The normalized spacial score (nSPS) is 31.0. The summed E-state index contributed by atoms with van der Waals surface area (Å²) < 4.78 is 6.63. The van der Waals surface area contributed by atoms with E-state index in [0.29, 0.717) is 25.9 Å². The molecule has 3 fully saturated rings. The average molecular weight is 500 g/mol. The van der Waals surface area contributed by atoms with Crippen molar-refractivity contribution < 1.29 is 24.2 Å². The molecule has 0 aromatic heterocycles. The number of ether oxygens (including phenoxy) is 1. The van der Waals surface area contributed by atoms with Gasteiger partial charge in [-0.25, -0.2) is 0 Å². The Bertz CT molecular complexity index is 977. The minimum atomic E-state index is -0.999. The van der Waals surface area contributed by atoms with Crippen molar-refractivity contribution >= 4 is 17.7 Å². The maximum atomic E-state index is 13.9. The van der Waals surface area contributed by atoms with Crippen molar-refractivity contribution in [1.82, 2.24) is 15.5 Å². The molecule has 0 saturated carbocycles. The summed E-state index contributed by atoms with van der Waals surface area (Å²) >= 11 is 0. The molecule has 3 amide bonds. The van der Waals surface area contributed by atoms with Crippen molar-refractivity contribution in [3.8, 4) is 0 Å².